The smallest absolute Gasteiger partial charge is 0.258 e. The average Bonchev–Trinajstić information content (AvgIpc) is 2.68. The summed E-state index contributed by atoms with van der Waals surface area (Å²) in [5.41, 5.74) is 3.87. The number of nitrogens with one attached hydrogen (secondary N) is 1. The van der Waals surface area contributed by atoms with E-state index in [0.29, 0.717) is 5.56 Å². The van der Waals surface area contributed by atoms with Crippen LogP contribution in [0, 0.1) is 0 Å². The molecule has 0 heterocycles. The summed E-state index contributed by atoms with van der Waals surface area (Å²) in [6.45, 7) is 11.0. The van der Waals surface area contributed by atoms with Crippen molar-refractivity contribution < 1.29 is 4.79 Å². The van der Waals surface area contributed by atoms with Gasteiger partial charge in [0.2, 0.25) is 0 Å². The number of rotatable bonds is 9. The monoisotopic (exact) mass is 382 g/mol. The van der Waals surface area contributed by atoms with Crippen LogP contribution in [0.15, 0.2) is 58.8 Å². The van der Waals surface area contributed by atoms with Gasteiger partial charge in [-0.3, -0.25) is 4.79 Å². The third kappa shape index (κ3) is 5.39. The van der Waals surface area contributed by atoms with Crippen molar-refractivity contribution in [3.63, 3.8) is 0 Å². The van der Waals surface area contributed by atoms with Crippen LogP contribution in [-0.2, 0) is 6.42 Å². The molecule has 0 saturated heterocycles. The van der Waals surface area contributed by atoms with Crippen LogP contribution in [0.2, 0.25) is 0 Å². The SMILES string of the molecule is C=C(C)Sc1ccc(C(=O)N(CCCC)c2ccccc2CC)cc1NC. The van der Waals surface area contributed by atoms with E-state index in [1.807, 2.05) is 49.2 Å². The molecule has 0 aliphatic rings. The van der Waals surface area contributed by atoms with Crippen LogP contribution in [0.5, 0.6) is 0 Å². The summed E-state index contributed by atoms with van der Waals surface area (Å²) < 4.78 is 0. The van der Waals surface area contributed by atoms with Gasteiger partial charge >= 0.3 is 0 Å². The molecule has 0 radical (unpaired) electrons. The molecule has 0 aromatic heterocycles. The standard InChI is InChI=1S/C23H30N2OS/c1-6-8-15-25(21-12-10-9-11-18(21)7-2)23(26)19-13-14-22(27-17(3)4)20(16-19)24-5/h9-14,16,24H,3,6-8,15H2,1-2,4-5H3. The van der Waals surface area contributed by atoms with E-state index in [0.717, 1.165) is 47.0 Å². The number of anilines is 2. The number of hydrogen-bond acceptors (Lipinski definition) is 3. The van der Waals surface area contributed by atoms with E-state index in [1.54, 1.807) is 11.8 Å². The van der Waals surface area contributed by atoms with Gasteiger partial charge in [-0.1, -0.05) is 56.8 Å². The van der Waals surface area contributed by atoms with Gasteiger partial charge in [-0.05, 0) is 54.5 Å². The van der Waals surface area contributed by atoms with Gasteiger partial charge in [0.25, 0.3) is 5.91 Å². The van der Waals surface area contributed by atoms with Gasteiger partial charge in [0, 0.05) is 35.4 Å². The fraction of sp³-hybridized carbons (Fsp3) is 0.348. The molecule has 0 bridgehead atoms. The number of aryl methyl sites for hydroxylation is 1. The average molecular weight is 383 g/mol. The largest absolute Gasteiger partial charge is 0.387 e. The lowest BCUT2D eigenvalue weighted by Gasteiger charge is -2.25. The molecule has 2 rings (SSSR count). The molecule has 0 atom stereocenters. The fourth-order valence-electron chi connectivity index (χ4n) is 3.01. The second-order valence-corrected chi connectivity index (χ2v) is 7.90. The number of carbonyl (C=O) groups excluding carboxylic acids is 1. The highest BCUT2D eigenvalue weighted by molar-refractivity contribution is 8.03. The first-order valence-electron chi connectivity index (χ1n) is 9.56. The van der Waals surface area contributed by atoms with Crippen LogP contribution in [-0.4, -0.2) is 19.5 Å². The Balaban J connectivity index is 2.41. The number of unbranched alkanes of at least 4 members (excludes halogenated alkanes) is 1. The molecule has 2 aromatic carbocycles. The van der Waals surface area contributed by atoms with Crippen LogP contribution < -0.4 is 10.2 Å². The minimum atomic E-state index is 0.0488. The first-order chi connectivity index (χ1) is 13.0. The van der Waals surface area contributed by atoms with Crippen molar-refractivity contribution in [2.75, 3.05) is 23.8 Å². The minimum absolute atomic E-state index is 0.0488. The summed E-state index contributed by atoms with van der Waals surface area (Å²) in [6, 6.07) is 14.1. The second kappa shape index (κ2) is 10.2. The van der Waals surface area contributed by atoms with Crippen molar-refractivity contribution in [1.29, 1.82) is 0 Å². The minimum Gasteiger partial charge on any atom is -0.387 e. The van der Waals surface area contributed by atoms with Gasteiger partial charge in [0.1, 0.15) is 0 Å². The number of amides is 1. The highest BCUT2D eigenvalue weighted by Gasteiger charge is 2.20. The molecule has 0 saturated carbocycles. The summed E-state index contributed by atoms with van der Waals surface area (Å²) >= 11 is 1.61. The van der Waals surface area contributed by atoms with E-state index in [4.69, 9.17) is 0 Å². The molecule has 0 fully saturated rings. The quantitative estimate of drug-likeness (QED) is 0.512. The third-order valence-electron chi connectivity index (χ3n) is 4.42. The molecule has 144 valence electrons. The number of carbonyl (C=O) groups is 1. The predicted octanol–water partition coefficient (Wildman–Crippen LogP) is 6.36. The Kier molecular flexibility index (Phi) is 7.99. The van der Waals surface area contributed by atoms with Crippen LogP contribution in [0.4, 0.5) is 11.4 Å². The van der Waals surface area contributed by atoms with Gasteiger partial charge < -0.3 is 10.2 Å². The molecule has 0 unspecified atom stereocenters. The van der Waals surface area contributed by atoms with Crippen LogP contribution in [0.3, 0.4) is 0 Å². The van der Waals surface area contributed by atoms with Crippen molar-refractivity contribution in [3.8, 4) is 0 Å². The number of thioether (sulfide) groups is 1. The zero-order valence-corrected chi connectivity index (χ0v) is 17.7. The fourth-order valence-corrected chi connectivity index (χ4v) is 3.79. The molecule has 1 N–H and O–H groups in total. The van der Waals surface area contributed by atoms with E-state index in [-0.39, 0.29) is 5.91 Å². The van der Waals surface area contributed by atoms with E-state index >= 15 is 0 Å². The zero-order valence-electron chi connectivity index (χ0n) is 16.8. The summed E-state index contributed by atoms with van der Waals surface area (Å²) in [5.74, 6) is 0.0488. The summed E-state index contributed by atoms with van der Waals surface area (Å²) in [6.07, 6.45) is 2.93. The van der Waals surface area contributed by atoms with Gasteiger partial charge in [-0.15, -0.1) is 0 Å². The summed E-state index contributed by atoms with van der Waals surface area (Å²) in [7, 11) is 1.88. The Morgan fingerprint density at radius 2 is 1.93 bits per heavy atom. The highest BCUT2D eigenvalue weighted by Crippen LogP contribution is 2.33. The first kappa shape index (κ1) is 21.1. The second-order valence-electron chi connectivity index (χ2n) is 6.56. The normalized spacial score (nSPS) is 10.5. The molecule has 0 spiro atoms. The maximum atomic E-state index is 13.4. The lowest BCUT2D eigenvalue weighted by molar-refractivity contribution is 0.0986. The molecular formula is C23H30N2OS. The topological polar surface area (TPSA) is 32.3 Å². The highest BCUT2D eigenvalue weighted by atomic mass is 32.2. The lowest BCUT2D eigenvalue weighted by atomic mass is 10.1. The first-order valence-corrected chi connectivity index (χ1v) is 10.4. The van der Waals surface area contributed by atoms with Gasteiger partial charge in [0.05, 0.1) is 0 Å². The van der Waals surface area contributed by atoms with Crippen LogP contribution in [0.25, 0.3) is 0 Å². The molecule has 4 heteroatoms. The molecular weight excluding hydrogens is 352 g/mol. The predicted molar refractivity (Wildman–Crippen MR) is 119 cm³/mol. The van der Waals surface area contributed by atoms with E-state index < -0.39 is 0 Å². The molecule has 0 aliphatic heterocycles. The molecule has 2 aromatic rings. The van der Waals surface area contributed by atoms with E-state index in [9.17, 15) is 4.79 Å². The molecule has 3 nitrogen and oxygen atoms in total. The Hall–Kier alpha value is -2.20. The van der Waals surface area contributed by atoms with Crippen molar-refractivity contribution >= 4 is 29.0 Å². The van der Waals surface area contributed by atoms with Crippen molar-refractivity contribution in [2.24, 2.45) is 0 Å². The van der Waals surface area contributed by atoms with Crippen molar-refractivity contribution in [2.45, 2.75) is 44.9 Å². The number of hydrogen-bond donors (Lipinski definition) is 1. The van der Waals surface area contributed by atoms with Gasteiger partial charge in [-0.25, -0.2) is 0 Å². The van der Waals surface area contributed by atoms with E-state index in [1.165, 1.54) is 5.56 Å². The Labute approximate surface area is 167 Å². The number of allylic oxidation sites excluding steroid dienone is 1. The Morgan fingerprint density at radius 1 is 1.19 bits per heavy atom. The third-order valence-corrected chi connectivity index (χ3v) is 5.35. The number of benzene rings is 2. The molecule has 0 aliphatic carbocycles. The van der Waals surface area contributed by atoms with Gasteiger partial charge in [-0.2, -0.15) is 0 Å². The maximum absolute atomic E-state index is 13.4. The van der Waals surface area contributed by atoms with Crippen LogP contribution >= 0.6 is 11.8 Å². The van der Waals surface area contributed by atoms with E-state index in [2.05, 4.69) is 37.9 Å². The molecule has 1 amide bonds. The number of para-hydroxylation sites is 1. The van der Waals surface area contributed by atoms with Crippen molar-refractivity contribution in [3.05, 3.63) is 65.1 Å². The zero-order chi connectivity index (χ0) is 19.8. The maximum Gasteiger partial charge on any atom is 0.258 e. The van der Waals surface area contributed by atoms with Crippen LogP contribution in [0.1, 0.15) is 49.5 Å². The Bertz CT molecular complexity index is 801. The lowest BCUT2D eigenvalue weighted by Crippen LogP contribution is -2.32. The summed E-state index contributed by atoms with van der Waals surface area (Å²) in [4.78, 5) is 17.4. The molecule has 27 heavy (non-hydrogen) atoms. The van der Waals surface area contributed by atoms with Crippen molar-refractivity contribution in [1.82, 2.24) is 0 Å². The summed E-state index contributed by atoms with van der Waals surface area (Å²) in [5, 5.41) is 3.21. The van der Waals surface area contributed by atoms with Gasteiger partial charge in [0.15, 0.2) is 0 Å². The number of nitrogens with zero attached hydrogens (tertiary/aromatic N) is 1. The Morgan fingerprint density at radius 3 is 2.56 bits per heavy atom.